The number of hydrogen-bond donors (Lipinski definition) is 1. The molecule has 0 aliphatic carbocycles. The van der Waals surface area contributed by atoms with E-state index in [1.807, 2.05) is 31.2 Å². The maximum absolute atomic E-state index is 12.1. The number of benzene rings is 1. The number of carbonyl (C=O) groups is 1. The van der Waals surface area contributed by atoms with Gasteiger partial charge in [0.1, 0.15) is 0 Å². The van der Waals surface area contributed by atoms with Gasteiger partial charge in [-0.25, -0.2) is 5.06 Å². The number of unbranched alkanes of at least 4 members (excludes halogenated alkanes) is 1. The molecule has 0 radical (unpaired) electrons. The fraction of sp³-hybridized carbons (Fsp3) is 0.562. The van der Waals surface area contributed by atoms with E-state index in [1.54, 1.807) is 7.05 Å². The number of aryl methyl sites for hydroxylation is 1. The van der Waals surface area contributed by atoms with Crippen LogP contribution in [0, 0.1) is 6.92 Å². The first-order valence-corrected chi connectivity index (χ1v) is 8.69. The van der Waals surface area contributed by atoms with Gasteiger partial charge in [0.2, 0.25) is 5.91 Å². The monoisotopic (exact) mass is 327 g/mol. The Kier molecular flexibility index (Phi) is 8.30. The van der Waals surface area contributed by atoms with Crippen LogP contribution in [-0.2, 0) is 20.4 Å². The van der Waals surface area contributed by atoms with Gasteiger partial charge in [0, 0.05) is 18.4 Å². The molecule has 1 rings (SSSR count). The van der Waals surface area contributed by atoms with Gasteiger partial charge in [-0.3, -0.25) is 13.8 Å². The van der Waals surface area contributed by atoms with E-state index in [9.17, 15) is 14.1 Å². The average Bonchev–Trinajstić information content (AvgIpc) is 2.51. The number of carbonyl (C=O) groups excluding carboxylic acids is 1. The summed E-state index contributed by atoms with van der Waals surface area (Å²) in [5.41, 5.74) is 1.12. The van der Waals surface area contributed by atoms with Crippen molar-refractivity contribution in [2.24, 2.45) is 0 Å². The van der Waals surface area contributed by atoms with Gasteiger partial charge >= 0.3 is 0 Å². The second kappa shape index (κ2) is 9.71. The zero-order chi connectivity index (χ0) is 16.5. The van der Waals surface area contributed by atoms with E-state index >= 15 is 0 Å². The van der Waals surface area contributed by atoms with E-state index in [1.165, 1.54) is 12.2 Å². The smallest absolute Gasteiger partial charge is 0.245 e. The first-order valence-electron chi connectivity index (χ1n) is 7.37. The molecule has 5 nitrogen and oxygen atoms in total. The predicted molar refractivity (Wildman–Crippen MR) is 86.7 cm³/mol. The summed E-state index contributed by atoms with van der Waals surface area (Å²) in [5.74, 6) is 0.148. The minimum Gasteiger partial charge on any atom is -0.392 e. The van der Waals surface area contributed by atoms with Gasteiger partial charge in [-0.1, -0.05) is 24.1 Å². The van der Waals surface area contributed by atoms with Crippen molar-refractivity contribution < 1.29 is 18.9 Å². The number of aliphatic hydroxyl groups excluding tert-OH is 1. The van der Waals surface area contributed by atoms with Crippen molar-refractivity contribution in [2.45, 2.75) is 43.6 Å². The van der Waals surface area contributed by atoms with Crippen LogP contribution in [0.15, 0.2) is 29.2 Å². The molecule has 0 spiro atoms. The van der Waals surface area contributed by atoms with Crippen molar-refractivity contribution in [2.75, 3.05) is 19.9 Å². The highest BCUT2D eigenvalue weighted by atomic mass is 32.2. The van der Waals surface area contributed by atoms with Gasteiger partial charge in [0.05, 0.1) is 29.8 Å². The van der Waals surface area contributed by atoms with Crippen LogP contribution in [0.2, 0.25) is 0 Å². The van der Waals surface area contributed by atoms with Crippen molar-refractivity contribution in [1.29, 1.82) is 0 Å². The van der Waals surface area contributed by atoms with Crippen molar-refractivity contribution in [3.63, 3.8) is 0 Å². The lowest BCUT2D eigenvalue weighted by Crippen LogP contribution is -2.25. The molecular formula is C16H25NO4S. The van der Waals surface area contributed by atoms with E-state index in [-0.39, 0.29) is 11.7 Å². The molecule has 1 amide bonds. The molecular weight excluding hydrogens is 302 g/mol. The number of hydrogen-bond acceptors (Lipinski definition) is 4. The second-order valence-corrected chi connectivity index (χ2v) is 6.79. The van der Waals surface area contributed by atoms with Crippen molar-refractivity contribution in [1.82, 2.24) is 5.06 Å². The maximum atomic E-state index is 12.1. The Balaban J connectivity index is 2.26. The van der Waals surface area contributed by atoms with Crippen LogP contribution in [-0.4, -0.2) is 46.3 Å². The van der Waals surface area contributed by atoms with E-state index in [2.05, 4.69) is 0 Å². The van der Waals surface area contributed by atoms with Crippen LogP contribution in [0.3, 0.4) is 0 Å². The molecule has 0 bridgehead atoms. The fourth-order valence-electron chi connectivity index (χ4n) is 1.96. The molecule has 1 N–H and O–H groups in total. The molecule has 6 heteroatoms. The van der Waals surface area contributed by atoms with Gasteiger partial charge in [-0.05, 0) is 31.9 Å². The lowest BCUT2D eigenvalue weighted by Gasteiger charge is -2.14. The number of hydroxylamine groups is 2. The Morgan fingerprint density at radius 3 is 2.55 bits per heavy atom. The number of aliphatic hydroxyl groups is 1. The number of amides is 1. The summed E-state index contributed by atoms with van der Waals surface area (Å²) < 4.78 is 12.1. The zero-order valence-electron chi connectivity index (χ0n) is 13.4. The first kappa shape index (κ1) is 18.8. The summed E-state index contributed by atoms with van der Waals surface area (Å²) in [7, 11) is 1.83. The summed E-state index contributed by atoms with van der Waals surface area (Å²) in [4.78, 5) is 17.0. The minimum atomic E-state index is -1.19. The first-order chi connectivity index (χ1) is 10.4. The molecule has 0 aliphatic rings. The van der Waals surface area contributed by atoms with Gasteiger partial charge in [0.25, 0.3) is 0 Å². The molecule has 22 heavy (non-hydrogen) atoms. The molecule has 1 aromatic carbocycles. The van der Waals surface area contributed by atoms with Gasteiger partial charge in [-0.2, -0.15) is 0 Å². The van der Waals surface area contributed by atoms with E-state index in [0.29, 0.717) is 19.3 Å². The second-order valence-electron chi connectivity index (χ2n) is 5.30. The van der Waals surface area contributed by atoms with Crippen molar-refractivity contribution in [3.8, 4) is 0 Å². The third kappa shape index (κ3) is 6.68. The summed E-state index contributed by atoms with van der Waals surface area (Å²) in [5, 5.41) is 11.1. The Labute approximate surface area is 134 Å². The lowest BCUT2D eigenvalue weighted by atomic mass is 10.1. The van der Waals surface area contributed by atoms with Gasteiger partial charge < -0.3 is 5.11 Å². The minimum absolute atomic E-state index is 0.0831. The van der Waals surface area contributed by atoms with Crippen LogP contribution in [0.1, 0.15) is 31.2 Å². The molecule has 0 fully saturated rings. The molecule has 0 unspecified atom stereocenters. The summed E-state index contributed by atoms with van der Waals surface area (Å²) >= 11 is 0. The van der Waals surface area contributed by atoms with E-state index in [4.69, 9.17) is 4.84 Å². The molecule has 2 atom stereocenters. The molecule has 1 aromatic rings. The number of nitrogens with zero attached hydrogens (tertiary/aromatic N) is 1. The van der Waals surface area contributed by atoms with Gasteiger partial charge in [-0.15, -0.1) is 0 Å². The standard InChI is InChI=1S/C16H25NO4S/c1-13-8-10-15(11-9-13)22(20)12-14(18)6-4-5-7-16(19)17(2)21-3/h8-11,14,18H,4-7,12H2,1-3H3/t14-,22+/m0/s1. The van der Waals surface area contributed by atoms with Crippen LogP contribution < -0.4 is 0 Å². The zero-order valence-corrected chi connectivity index (χ0v) is 14.3. The Morgan fingerprint density at radius 2 is 1.95 bits per heavy atom. The third-order valence-electron chi connectivity index (χ3n) is 3.43. The molecule has 0 saturated carbocycles. The Morgan fingerprint density at radius 1 is 1.32 bits per heavy atom. The summed E-state index contributed by atoms with van der Waals surface area (Å²) in [6.45, 7) is 1.98. The highest BCUT2D eigenvalue weighted by Gasteiger charge is 2.12. The van der Waals surface area contributed by atoms with E-state index in [0.717, 1.165) is 16.9 Å². The van der Waals surface area contributed by atoms with E-state index < -0.39 is 16.9 Å². The summed E-state index contributed by atoms with van der Waals surface area (Å²) in [6.07, 6.45) is 1.72. The Bertz CT molecular complexity index is 489. The Hall–Kier alpha value is -1.24. The molecule has 0 aliphatic heterocycles. The van der Waals surface area contributed by atoms with Crippen molar-refractivity contribution in [3.05, 3.63) is 29.8 Å². The normalized spacial score (nSPS) is 13.6. The van der Waals surface area contributed by atoms with Crippen LogP contribution in [0.25, 0.3) is 0 Å². The van der Waals surface area contributed by atoms with Crippen LogP contribution in [0.4, 0.5) is 0 Å². The lowest BCUT2D eigenvalue weighted by molar-refractivity contribution is -0.168. The fourth-order valence-corrected chi connectivity index (χ4v) is 3.11. The third-order valence-corrected chi connectivity index (χ3v) is 4.92. The number of rotatable bonds is 9. The van der Waals surface area contributed by atoms with Crippen molar-refractivity contribution >= 4 is 16.7 Å². The quantitative estimate of drug-likeness (QED) is 0.557. The van der Waals surface area contributed by atoms with Gasteiger partial charge in [0.15, 0.2) is 0 Å². The topological polar surface area (TPSA) is 66.8 Å². The SMILES string of the molecule is CON(C)C(=O)CCCC[C@H](O)C[S@@](=O)c1ccc(C)cc1. The highest BCUT2D eigenvalue weighted by Crippen LogP contribution is 2.12. The highest BCUT2D eigenvalue weighted by molar-refractivity contribution is 7.85. The van der Waals surface area contributed by atoms with Crippen LogP contribution >= 0.6 is 0 Å². The molecule has 124 valence electrons. The average molecular weight is 327 g/mol. The van der Waals surface area contributed by atoms with Crippen LogP contribution in [0.5, 0.6) is 0 Å². The largest absolute Gasteiger partial charge is 0.392 e. The molecule has 0 aromatic heterocycles. The predicted octanol–water partition coefficient (Wildman–Crippen LogP) is 2.04. The molecule has 0 saturated heterocycles. The summed E-state index contributed by atoms with van der Waals surface area (Å²) in [6, 6.07) is 7.49. The molecule has 0 heterocycles. The maximum Gasteiger partial charge on any atom is 0.245 e.